The molecule has 1 N–H and O–H groups in total. The van der Waals surface area contributed by atoms with Crippen LogP contribution in [0.25, 0.3) is 0 Å². The van der Waals surface area contributed by atoms with Crippen molar-refractivity contribution in [3.05, 3.63) is 95.0 Å². The Morgan fingerprint density at radius 3 is 2.23 bits per heavy atom. The highest BCUT2D eigenvalue weighted by molar-refractivity contribution is 7.98. The molecule has 1 amide bonds. The summed E-state index contributed by atoms with van der Waals surface area (Å²) >= 11 is 3.09. The zero-order valence-corrected chi connectivity index (χ0v) is 17.5. The Morgan fingerprint density at radius 2 is 1.53 bits per heavy atom. The number of thioether (sulfide) groups is 1. The smallest absolute Gasteiger partial charge is 0.238 e. The average molecular weight is 432 g/mol. The number of nitrogens with one attached hydrogen (secondary N) is 1. The predicted molar refractivity (Wildman–Crippen MR) is 119 cm³/mol. The standard InChI is InChI=1S/C23H17N3O2S2/c27-22(24-23-26-25-20(30-23)14-29-15-8-2-1-3-9-15)21-16-10-4-6-12-18(16)28-19-13-7-5-11-17(19)21/h1-13,21H,14H2,(H,24,26,27). The maximum absolute atomic E-state index is 13.2. The Morgan fingerprint density at radius 1 is 0.900 bits per heavy atom. The van der Waals surface area contributed by atoms with Crippen LogP contribution in [0.5, 0.6) is 11.5 Å². The van der Waals surface area contributed by atoms with Crippen molar-refractivity contribution in [2.45, 2.75) is 16.6 Å². The molecule has 5 nitrogen and oxygen atoms in total. The van der Waals surface area contributed by atoms with Crippen LogP contribution in [0, 0.1) is 0 Å². The molecule has 1 aliphatic heterocycles. The van der Waals surface area contributed by atoms with Crippen LogP contribution in [0.15, 0.2) is 83.8 Å². The van der Waals surface area contributed by atoms with E-state index in [4.69, 9.17) is 4.74 Å². The van der Waals surface area contributed by atoms with Crippen molar-refractivity contribution in [2.24, 2.45) is 0 Å². The van der Waals surface area contributed by atoms with Gasteiger partial charge in [0.2, 0.25) is 11.0 Å². The predicted octanol–water partition coefficient (Wildman–Crippen LogP) is 5.71. The number of hydrogen-bond donors (Lipinski definition) is 1. The van der Waals surface area contributed by atoms with Crippen LogP contribution in [-0.4, -0.2) is 16.1 Å². The third kappa shape index (κ3) is 3.81. The van der Waals surface area contributed by atoms with Crippen molar-refractivity contribution < 1.29 is 9.53 Å². The summed E-state index contributed by atoms with van der Waals surface area (Å²) in [6.07, 6.45) is 0. The second-order valence-corrected chi connectivity index (χ2v) is 8.81. The third-order valence-corrected chi connectivity index (χ3v) is 6.79. The minimum Gasteiger partial charge on any atom is -0.457 e. The molecule has 4 aromatic rings. The molecule has 2 heterocycles. The minimum absolute atomic E-state index is 0.142. The number of amides is 1. The van der Waals surface area contributed by atoms with Crippen molar-refractivity contribution in [1.82, 2.24) is 10.2 Å². The number of fused-ring (bicyclic) bond motifs is 2. The lowest BCUT2D eigenvalue weighted by atomic mass is 9.87. The van der Waals surface area contributed by atoms with Gasteiger partial charge < -0.3 is 4.74 Å². The Labute approximate surface area is 182 Å². The van der Waals surface area contributed by atoms with Crippen molar-refractivity contribution in [3.8, 4) is 11.5 Å². The zero-order chi connectivity index (χ0) is 20.3. The van der Waals surface area contributed by atoms with E-state index in [1.54, 1.807) is 11.8 Å². The Bertz CT molecular complexity index is 1150. The van der Waals surface area contributed by atoms with Crippen LogP contribution in [0.4, 0.5) is 5.13 Å². The summed E-state index contributed by atoms with van der Waals surface area (Å²) in [5.41, 5.74) is 1.69. The van der Waals surface area contributed by atoms with Gasteiger partial charge in [-0.3, -0.25) is 10.1 Å². The van der Waals surface area contributed by atoms with E-state index < -0.39 is 5.92 Å². The number of para-hydroxylation sites is 2. The molecule has 0 saturated heterocycles. The number of benzene rings is 3. The number of aromatic nitrogens is 2. The van der Waals surface area contributed by atoms with Gasteiger partial charge in [0, 0.05) is 16.0 Å². The van der Waals surface area contributed by atoms with E-state index in [-0.39, 0.29) is 5.91 Å². The molecule has 0 fully saturated rings. The number of carbonyl (C=O) groups is 1. The van der Waals surface area contributed by atoms with Gasteiger partial charge in [0.1, 0.15) is 16.5 Å². The first-order chi connectivity index (χ1) is 14.8. The number of ether oxygens (including phenoxy) is 1. The molecule has 30 heavy (non-hydrogen) atoms. The van der Waals surface area contributed by atoms with Crippen LogP contribution in [-0.2, 0) is 10.5 Å². The van der Waals surface area contributed by atoms with Gasteiger partial charge in [0.15, 0.2) is 0 Å². The molecule has 0 aliphatic carbocycles. The number of carbonyl (C=O) groups excluding carboxylic acids is 1. The van der Waals surface area contributed by atoms with Crippen LogP contribution in [0.2, 0.25) is 0 Å². The molecule has 0 unspecified atom stereocenters. The fourth-order valence-electron chi connectivity index (χ4n) is 3.39. The number of nitrogens with zero attached hydrogens (tertiary/aromatic N) is 2. The highest BCUT2D eigenvalue weighted by Gasteiger charge is 2.32. The van der Waals surface area contributed by atoms with Gasteiger partial charge in [0.25, 0.3) is 0 Å². The first-order valence-corrected chi connectivity index (χ1v) is 11.2. The van der Waals surface area contributed by atoms with Crippen molar-refractivity contribution in [2.75, 3.05) is 5.32 Å². The molecule has 1 aliphatic rings. The molecule has 0 bridgehead atoms. The third-order valence-electron chi connectivity index (χ3n) is 4.74. The summed E-state index contributed by atoms with van der Waals surface area (Å²) in [6.45, 7) is 0. The summed E-state index contributed by atoms with van der Waals surface area (Å²) in [6, 6.07) is 25.4. The van der Waals surface area contributed by atoms with Crippen LogP contribution >= 0.6 is 23.1 Å². The maximum Gasteiger partial charge on any atom is 0.238 e. The van der Waals surface area contributed by atoms with E-state index in [9.17, 15) is 4.79 Å². The van der Waals surface area contributed by atoms with E-state index >= 15 is 0 Å². The van der Waals surface area contributed by atoms with Crippen LogP contribution in [0.1, 0.15) is 22.1 Å². The van der Waals surface area contributed by atoms with Crippen LogP contribution in [0.3, 0.4) is 0 Å². The molecule has 5 rings (SSSR count). The molecular weight excluding hydrogens is 414 g/mol. The molecule has 0 radical (unpaired) electrons. The van der Waals surface area contributed by atoms with E-state index in [0.29, 0.717) is 22.4 Å². The molecule has 0 atom stereocenters. The summed E-state index contributed by atoms with van der Waals surface area (Å²) in [5, 5.41) is 12.7. The Balaban J connectivity index is 1.34. The normalized spacial score (nSPS) is 12.5. The quantitative estimate of drug-likeness (QED) is 0.410. The number of rotatable bonds is 5. The fourth-order valence-corrected chi connectivity index (χ4v) is 5.04. The Hall–Kier alpha value is -3.16. The molecule has 0 spiro atoms. The largest absolute Gasteiger partial charge is 0.457 e. The van der Waals surface area contributed by atoms with Gasteiger partial charge in [0.05, 0.1) is 11.7 Å². The van der Waals surface area contributed by atoms with E-state index in [1.807, 2.05) is 66.7 Å². The second-order valence-electron chi connectivity index (χ2n) is 6.70. The van der Waals surface area contributed by atoms with Gasteiger partial charge in [-0.05, 0) is 24.3 Å². The average Bonchev–Trinajstić information content (AvgIpc) is 3.23. The maximum atomic E-state index is 13.2. The SMILES string of the molecule is O=C(Nc1nnc(CSc2ccccc2)s1)C1c2ccccc2Oc2ccccc21. The number of anilines is 1. The van der Waals surface area contributed by atoms with Gasteiger partial charge >= 0.3 is 0 Å². The number of hydrogen-bond acceptors (Lipinski definition) is 6. The van der Waals surface area contributed by atoms with Gasteiger partial charge in [-0.25, -0.2) is 0 Å². The van der Waals surface area contributed by atoms with Crippen LogP contribution < -0.4 is 10.1 Å². The first-order valence-electron chi connectivity index (χ1n) is 9.45. The molecule has 7 heteroatoms. The van der Waals surface area contributed by atoms with E-state index in [2.05, 4.69) is 27.6 Å². The second kappa shape index (κ2) is 8.30. The van der Waals surface area contributed by atoms with Crippen molar-refractivity contribution in [1.29, 1.82) is 0 Å². The lowest BCUT2D eigenvalue weighted by molar-refractivity contribution is -0.116. The minimum atomic E-state index is -0.461. The summed E-state index contributed by atoms with van der Waals surface area (Å²) in [5.74, 6) is 1.51. The van der Waals surface area contributed by atoms with E-state index in [1.165, 1.54) is 16.2 Å². The fraction of sp³-hybridized carbons (Fsp3) is 0.0870. The van der Waals surface area contributed by atoms with E-state index in [0.717, 1.165) is 16.1 Å². The lowest BCUT2D eigenvalue weighted by Gasteiger charge is -2.27. The molecule has 0 saturated carbocycles. The molecular formula is C23H17N3O2S2. The zero-order valence-electron chi connectivity index (χ0n) is 15.8. The topological polar surface area (TPSA) is 64.1 Å². The molecule has 148 valence electrons. The lowest BCUT2D eigenvalue weighted by Crippen LogP contribution is -2.25. The summed E-state index contributed by atoms with van der Waals surface area (Å²) in [7, 11) is 0. The summed E-state index contributed by atoms with van der Waals surface area (Å²) < 4.78 is 5.98. The van der Waals surface area contributed by atoms with Gasteiger partial charge in [-0.15, -0.1) is 22.0 Å². The molecule has 3 aromatic carbocycles. The highest BCUT2D eigenvalue weighted by atomic mass is 32.2. The monoisotopic (exact) mass is 431 g/mol. The van der Waals surface area contributed by atoms with Crippen molar-refractivity contribution >= 4 is 34.1 Å². The Kier molecular flexibility index (Phi) is 5.21. The van der Waals surface area contributed by atoms with Crippen molar-refractivity contribution in [3.63, 3.8) is 0 Å². The molecule has 1 aromatic heterocycles. The first kappa shape index (κ1) is 18.8. The summed E-state index contributed by atoms with van der Waals surface area (Å²) in [4.78, 5) is 14.4. The van der Waals surface area contributed by atoms with Gasteiger partial charge in [-0.1, -0.05) is 65.9 Å². The highest BCUT2D eigenvalue weighted by Crippen LogP contribution is 2.44. The van der Waals surface area contributed by atoms with Gasteiger partial charge in [-0.2, -0.15) is 0 Å².